The number of aliphatic hydroxyl groups is 1. The van der Waals surface area contributed by atoms with Crippen LogP contribution in [0.5, 0.6) is 5.75 Å². The Morgan fingerprint density at radius 3 is 2.47 bits per heavy atom. The van der Waals surface area contributed by atoms with Crippen LogP contribution in [0.25, 0.3) is 0 Å². The minimum absolute atomic E-state index is 0.000980. The summed E-state index contributed by atoms with van der Waals surface area (Å²) in [4.78, 5) is 12.6. The lowest BCUT2D eigenvalue weighted by molar-refractivity contribution is 0.0932. The van der Waals surface area contributed by atoms with Gasteiger partial charge in [-0.3, -0.25) is 4.79 Å². The number of benzene rings is 1. The normalized spacial score (nSPS) is 16.8. The van der Waals surface area contributed by atoms with Crippen LogP contribution in [0, 0.1) is 11.8 Å². The molecule has 1 atom stereocenters. The lowest BCUT2D eigenvalue weighted by Crippen LogP contribution is -2.40. The molecular weight excluding hydrogens is 404 g/mol. The second-order valence-electron chi connectivity index (χ2n) is 9.22. The van der Waals surface area contributed by atoms with Crippen molar-refractivity contribution in [2.45, 2.75) is 69.7 Å². The third-order valence-electron chi connectivity index (χ3n) is 5.36. The summed E-state index contributed by atoms with van der Waals surface area (Å²) in [6.45, 7) is 5.62. The molecule has 1 aliphatic rings. The lowest BCUT2D eigenvalue weighted by atomic mass is 9.83. The van der Waals surface area contributed by atoms with Crippen LogP contribution >= 0.6 is 0 Å². The maximum Gasteiger partial charge on any atom is 0.251 e. The summed E-state index contributed by atoms with van der Waals surface area (Å²) in [5, 5.41) is 12.6. The predicted molar refractivity (Wildman–Crippen MR) is 117 cm³/mol. The summed E-state index contributed by atoms with van der Waals surface area (Å²) >= 11 is 0. The van der Waals surface area contributed by atoms with Gasteiger partial charge in [0, 0.05) is 24.3 Å². The molecule has 2 rings (SSSR count). The fourth-order valence-corrected chi connectivity index (χ4v) is 5.56. The monoisotopic (exact) mass is 440 g/mol. The Hall–Kier alpha value is -1.64. The zero-order valence-electron chi connectivity index (χ0n) is 18.5. The lowest BCUT2D eigenvalue weighted by Gasteiger charge is -2.25. The van der Waals surface area contributed by atoms with Gasteiger partial charge in [-0.05, 0) is 57.2 Å². The number of carbonyl (C=O) groups is 1. The third kappa shape index (κ3) is 7.25. The van der Waals surface area contributed by atoms with Crippen molar-refractivity contribution in [3.8, 4) is 5.75 Å². The molecule has 30 heavy (non-hydrogen) atoms. The van der Waals surface area contributed by atoms with Crippen molar-refractivity contribution in [3.63, 3.8) is 0 Å². The van der Waals surface area contributed by atoms with Crippen molar-refractivity contribution < 1.29 is 23.1 Å². The summed E-state index contributed by atoms with van der Waals surface area (Å²) < 4.78 is 33.3. The second kappa shape index (κ2) is 10.6. The van der Waals surface area contributed by atoms with Crippen molar-refractivity contribution in [1.82, 2.24) is 10.0 Å². The number of hydrogen-bond donors (Lipinski definition) is 3. The maximum absolute atomic E-state index is 12.8. The predicted octanol–water partition coefficient (Wildman–Crippen LogP) is 3.08. The minimum Gasteiger partial charge on any atom is -0.495 e. The largest absolute Gasteiger partial charge is 0.495 e. The number of rotatable bonds is 9. The Morgan fingerprint density at radius 2 is 1.90 bits per heavy atom. The average molecular weight is 441 g/mol. The van der Waals surface area contributed by atoms with E-state index < -0.39 is 15.6 Å². The Kier molecular flexibility index (Phi) is 8.70. The number of carbonyl (C=O) groups excluding carboxylic acids is 1. The van der Waals surface area contributed by atoms with E-state index in [2.05, 4.69) is 10.0 Å². The molecule has 3 N–H and O–H groups in total. The third-order valence-corrected chi connectivity index (χ3v) is 7.14. The number of methoxy groups -OCH3 is 1. The van der Waals surface area contributed by atoms with E-state index in [-0.39, 0.29) is 34.6 Å². The molecule has 1 aliphatic carbocycles. The Balaban J connectivity index is 2.09. The second-order valence-corrected chi connectivity index (χ2v) is 10.9. The molecule has 0 heterocycles. The summed E-state index contributed by atoms with van der Waals surface area (Å²) in [7, 11) is -2.48. The molecule has 0 saturated heterocycles. The molecule has 0 aliphatic heterocycles. The van der Waals surface area contributed by atoms with E-state index in [0.29, 0.717) is 12.5 Å². The van der Waals surface area contributed by atoms with Crippen molar-refractivity contribution in [3.05, 3.63) is 23.8 Å². The van der Waals surface area contributed by atoms with E-state index in [0.717, 1.165) is 6.42 Å². The Morgan fingerprint density at radius 1 is 1.23 bits per heavy atom. The number of ether oxygens (including phenoxy) is 1. The summed E-state index contributed by atoms with van der Waals surface area (Å²) in [6.07, 6.45) is 7.02. The topological polar surface area (TPSA) is 105 Å². The summed E-state index contributed by atoms with van der Waals surface area (Å²) in [5.41, 5.74) is -0.435. The smallest absolute Gasteiger partial charge is 0.251 e. The zero-order valence-corrected chi connectivity index (χ0v) is 19.3. The Labute approximate surface area is 180 Å². The van der Waals surface area contributed by atoms with Crippen molar-refractivity contribution in [1.29, 1.82) is 0 Å². The van der Waals surface area contributed by atoms with Crippen LogP contribution in [0.2, 0.25) is 0 Å². The number of sulfonamides is 1. The molecule has 7 nitrogen and oxygen atoms in total. The van der Waals surface area contributed by atoms with Crippen LogP contribution < -0.4 is 14.8 Å². The van der Waals surface area contributed by atoms with E-state index in [1.165, 1.54) is 51.3 Å². The highest BCUT2D eigenvalue weighted by Gasteiger charge is 2.26. The fourth-order valence-electron chi connectivity index (χ4n) is 3.94. The van der Waals surface area contributed by atoms with Crippen LogP contribution in [0.3, 0.4) is 0 Å². The van der Waals surface area contributed by atoms with Gasteiger partial charge in [0.2, 0.25) is 10.0 Å². The van der Waals surface area contributed by atoms with Crippen molar-refractivity contribution >= 4 is 15.9 Å². The molecule has 0 spiro atoms. The van der Waals surface area contributed by atoms with E-state index in [1.54, 1.807) is 26.8 Å². The summed E-state index contributed by atoms with van der Waals surface area (Å²) in [6, 6.07) is 4.36. The molecule has 1 aromatic rings. The van der Waals surface area contributed by atoms with Crippen LogP contribution in [0.15, 0.2) is 23.1 Å². The van der Waals surface area contributed by atoms with E-state index in [4.69, 9.17) is 4.74 Å². The first-order valence-corrected chi connectivity index (χ1v) is 12.1. The average Bonchev–Trinajstić information content (AvgIpc) is 2.69. The Bertz CT molecular complexity index is 811. The van der Waals surface area contributed by atoms with Gasteiger partial charge in [0.25, 0.3) is 5.91 Å². The van der Waals surface area contributed by atoms with E-state index in [9.17, 15) is 18.3 Å². The highest BCUT2D eigenvalue weighted by molar-refractivity contribution is 7.89. The van der Waals surface area contributed by atoms with Crippen LogP contribution in [-0.2, 0) is 10.0 Å². The first kappa shape index (κ1) is 24.6. The molecule has 170 valence electrons. The van der Waals surface area contributed by atoms with Crippen LogP contribution in [0.1, 0.15) is 69.7 Å². The van der Waals surface area contributed by atoms with Gasteiger partial charge in [-0.1, -0.05) is 32.1 Å². The van der Waals surface area contributed by atoms with Crippen molar-refractivity contribution in [2.75, 3.05) is 20.3 Å². The first-order valence-electron chi connectivity index (χ1n) is 10.7. The number of hydrogen-bond acceptors (Lipinski definition) is 5. The molecule has 0 radical (unpaired) electrons. The van der Waals surface area contributed by atoms with Gasteiger partial charge in [-0.25, -0.2) is 13.1 Å². The molecular formula is C22H36N2O5S. The van der Waals surface area contributed by atoms with Gasteiger partial charge in [0.05, 0.1) is 7.11 Å². The van der Waals surface area contributed by atoms with E-state index in [1.807, 2.05) is 0 Å². The first-order chi connectivity index (χ1) is 14.1. The molecule has 8 heteroatoms. The number of nitrogens with one attached hydrogen (secondary N) is 2. The van der Waals surface area contributed by atoms with Crippen LogP contribution in [-0.4, -0.2) is 45.2 Å². The molecule has 0 bridgehead atoms. The number of amides is 1. The van der Waals surface area contributed by atoms with Crippen LogP contribution in [0.4, 0.5) is 0 Å². The fraction of sp³-hybridized carbons (Fsp3) is 0.682. The van der Waals surface area contributed by atoms with Gasteiger partial charge in [0.15, 0.2) is 0 Å². The van der Waals surface area contributed by atoms with Gasteiger partial charge in [-0.2, -0.15) is 0 Å². The van der Waals surface area contributed by atoms with Gasteiger partial charge in [-0.15, -0.1) is 0 Å². The molecule has 1 unspecified atom stereocenters. The maximum atomic E-state index is 12.8. The highest BCUT2D eigenvalue weighted by atomic mass is 32.2. The summed E-state index contributed by atoms with van der Waals surface area (Å²) in [5.74, 6) is 0.413. The zero-order chi connectivity index (χ0) is 22.4. The van der Waals surface area contributed by atoms with Crippen molar-refractivity contribution in [2.24, 2.45) is 11.8 Å². The number of aliphatic hydroxyl groups excluding tert-OH is 1. The quantitative estimate of drug-likeness (QED) is 0.547. The molecule has 1 aromatic carbocycles. The van der Waals surface area contributed by atoms with Gasteiger partial charge in [0.1, 0.15) is 10.6 Å². The standard InChI is InChI=1S/C22H36N2O5S/c1-22(2,3)24-30(27,28)20-13-18(10-11-19(20)29-4)21(26)23-14-17(15-25)12-16-8-6-5-7-9-16/h10-11,13,16-17,24-25H,5-9,12,14-15H2,1-4H3,(H,23,26). The molecule has 1 saturated carbocycles. The SMILES string of the molecule is COc1ccc(C(=O)NCC(CO)CC2CCCCC2)cc1S(=O)(=O)NC(C)(C)C. The molecule has 1 amide bonds. The van der Waals surface area contributed by atoms with Gasteiger partial charge >= 0.3 is 0 Å². The minimum atomic E-state index is -3.87. The van der Waals surface area contributed by atoms with E-state index >= 15 is 0 Å². The highest BCUT2D eigenvalue weighted by Crippen LogP contribution is 2.29. The van der Waals surface area contributed by atoms with Gasteiger partial charge < -0.3 is 15.2 Å². The molecule has 1 fully saturated rings. The molecule has 0 aromatic heterocycles.